The molecule has 2 N–H and O–H groups in total. The predicted octanol–water partition coefficient (Wildman–Crippen LogP) is 2.73. The Morgan fingerprint density at radius 3 is 2.95 bits per heavy atom. The van der Waals surface area contributed by atoms with Crippen molar-refractivity contribution in [2.45, 2.75) is 13.0 Å². The van der Waals surface area contributed by atoms with E-state index in [4.69, 9.17) is 9.47 Å². The first kappa shape index (κ1) is 15.3. The van der Waals surface area contributed by atoms with Gasteiger partial charge in [0.05, 0.1) is 25.9 Å². The molecule has 0 fully saturated rings. The normalized spacial score (nSPS) is 12.7. The molecule has 1 unspecified atom stereocenters. The summed E-state index contributed by atoms with van der Waals surface area (Å²) in [6.45, 7) is 4.53. The van der Waals surface area contributed by atoms with Crippen molar-refractivity contribution in [1.82, 2.24) is 0 Å². The van der Waals surface area contributed by atoms with Crippen molar-refractivity contribution in [3.63, 3.8) is 0 Å². The first-order valence-electron chi connectivity index (χ1n) is 6.84. The molecule has 2 rings (SSSR count). The van der Waals surface area contributed by atoms with Gasteiger partial charge >= 0.3 is 0 Å². The van der Waals surface area contributed by atoms with Crippen LogP contribution in [0.5, 0.6) is 0 Å². The van der Waals surface area contributed by atoms with E-state index in [9.17, 15) is 5.11 Å². The van der Waals surface area contributed by atoms with Crippen LogP contribution in [0.4, 0.5) is 5.69 Å². The highest BCUT2D eigenvalue weighted by Crippen LogP contribution is 2.23. The van der Waals surface area contributed by atoms with Crippen LogP contribution in [0.25, 0.3) is 10.1 Å². The minimum absolute atomic E-state index is 0.320. The van der Waals surface area contributed by atoms with E-state index in [1.165, 1.54) is 10.1 Å². The Morgan fingerprint density at radius 1 is 1.25 bits per heavy atom. The molecular formula is C15H21NO3S. The number of nitrogens with one attached hydrogen (secondary N) is 1. The van der Waals surface area contributed by atoms with Gasteiger partial charge in [-0.3, -0.25) is 0 Å². The summed E-state index contributed by atoms with van der Waals surface area (Å²) in [6, 6.07) is 8.31. The Labute approximate surface area is 123 Å². The minimum atomic E-state index is -0.519. The van der Waals surface area contributed by atoms with E-state index >= 15 is 0 Å². The minimum Gasteiger partial charge on any atom is -0.389 e. The molecule has 0 saturated carbocycles. The highest BCUT2D eigenvalue weighted by Gasteiger charge is 2.04. The summed E-state index contributed by atoms with van der Waals surface area (Å²) in [5.74, 6) is 0. The number of aliphatic hydroxyl groups is 1. The average Bonchev–Trinajstić information content (AvgIpc) is 2.92. The third-order valence-electron chi connectivity index (χ3n) is 2.88. The molecule has 20 heavy (non-hydrogen) atoms. The quantitative estimate of drug-likeness (QED) is 0.698. The van der Waals surface area contributed by atoms with Crippen LogP contribution in [-0.4, -0.2) is 44.2 Å². The zero-order valence-electron chi connectivity index (χ0n) is 11.7. The highest BCUT2D eigenvalue weighted by molar-refractivity contribution is 7.17. The zero-order chi connectivity index (χ0) is 14.2. The molecule has 0 amide bonds. The second-order valence-corrected chi connectivity index (χ2v) is 5.43. The van der Waals surface area contributed by atoms with Gasteiger partial charge in [0.2, 0.25) is 0 Å². The van der Waals surface area contributed by atoms with E-state index in [0.29, 0.717) is 33.0 Å². The molecule has 0 aliphatic carbocycles. The van der Waals surface area contributed by atoms with Crippen LogP contribution in [0.3, 0.4) is 0 Å². The summed E-state index contributed by atoms with van der Waals surface area (Å²) >= 11 is 1.73. The summed E-state index contributed by atoms with van der Waals surface area (Å²) in [6.07, 6.45) is -0.519. The van der Waals surface area contributed by atoms with Crippen LogP contribution in [-0.2, 0) is 9.47 Å². The summed E-state index contributed by atoms with van der Waals surface area (Å²) in [7, 11) is 0. The number of thiophene rings is 1. The standard InChI is InChI=1S/C15H21NO3S/c1-2-18-6-7-19-11-14(17)10-16-13-3-4-15-12(9-13)5-8-20-15/h3-5,8-9,14,16-17H,2,6-7,10-11H2,1H3. The fourth-order valence-corrected chi connectivity index (χ4v) is 2.62. The summed E-state index contributed by atoms with van der Waals surface area (Å²) in [5, 5.41) is 16.3. The summed E-state index contributed by atoms with van der Waals surface area (Å²) < 4.78 is 11.8. The molecule has 4 nitrogen and oxygen atoms in total. The molecule has 1 aromatic heterocycles. The van der Waals surface area contributed by atoms with Gasteiger partial charge in [0, 0.05) is 23.5 Å². The lowest BCUT2D eigenvalue weighted by Crippen LogP contribution is -2.25. The van der Waals surface area contributed by atoms with Crippen LogP contribution in [0.2, 0.25) is 0 Å². The lowest BCUT2D eigenvalue weighted by molar-refractivity contribution is 0.0103. The Hall–Kier alpha value is -1.14. The molecule has 0 aliphatic heterocycles. The molecular weight excluding hydrogens is 274 g/mol. The van der Waals surface area contributed by atoms with Crippen LogP contribution in [0.15, 0.2) is 29.6 Å². The Balaban J connectivity index is 1.68. The monoisotopic (exact) mass is 295 g/mol. The number of rotatable bonds is 9. The fourth-order valence-electron chi connectivity index (χ4n) is 1.85. The Kier molecular flexibility index (Phi) is 6.26. The number of anilines is 1. The highest BCUT2D eigenvalue weighted by atomic mass is 32.1. The van der Waals surface area contributed by atoms with Gasteiger partial charge in [-0.25, -0.2) is 0 Å². The van der Waals surface area contributed by atoms with Gasteiger partial charge in [-0.15, -0.1) is 11.3 Å². The molecule has 5 heteroatoms. The summed E-state index contributed by atoms with van der Waals surface area (Å²) in [5.41, 5.74) is 1.02. The molecule has 1 aromatic carbocycles. The average molecular weight is 295 g/mol. The maximum absolute atomic E-state index is 9.81. The first-order chi connectivity index (χ1) is 9.79. The van der Waals surface area contributed by atoms with Gasteiger partial charge in [0.1, 0.15) is 0 Å². The smallest absolute Gasteiger partial charge is 0.0945 e. The van der Waals surface area contributed by atoms with Crippen molar-refractivity contribution < 1.29 is 14.6 Å². The van der Waals surface area contributed by atoms with Crippen LogP contribution in [0.1, 0.15) is 6.92 Å². The van der Waals surface area contributed by atoms with Gasteiger partial charge in [0.15, 0.2) is 0 Å². The van der Waals surface area contributed by atoms with E-state index in [-0.39, 0.29) is 0 Å². The van der Waals surface area contributed by atoms with E-state index in [0.717, 1.165) is 5.69 Å². The van der Waals surface area contributed by atoms with Crippen LogP contribution < -0.4 is 5.32 Å². The lowest BCUT2D eigenvalue weighted by atomic mass is 10.2. The molecule has 0 spiro atoms. The third kappa shape index (κ3) is 4.76. The number of hydrogen-bond donors (Lipinski definition) is 2. The van der Waals surface area contributed by atoms with E-state index in [2.05, 4.69) is 28.9 Å². The van der Waals surface area contributed by atoms with Gasteiger partial charge < -0.3 is 19.9 Å². The van der Waals surface area contributed by atoms with E-state index < -0.39 is 6.10 Å². The van der Waals surface area contributed by atoms with Gasteiger partial charge in [-0.2, -0.15) is 0 Å². The van der Waals surface area contributed by atoms with Crippen molar-refractivity contribution in [3.8, 4) is 0 Å². The maximum atomic E-state index is 9.81. The Morgan fingerprint density at radius 2 is 2.10 bits per heavy atom. The van der Waals surface area contributed by atoms with Gasteiger partial charge in [-0.1, -0.05) is 0 Å². The number of benzene rings is 1. The molecule has 0 bridgehead atoms. The molecule has 0 saturated heterocycles. The predicted molar refractivity (Wildman–Crippen MR) is 83.6 cm³/mol. The largest absolute Gasteiger partial charge is 0.389 e. The molecule has 2 aromatic rings. The molecule has 1 heterocycles. The van der Waals surface area contributed by atoms with Gasteiger partial charge in [-0.05, 0) is 42.0 Å². The number of hydrogen-bond acceptors (Lipinski definition) is 5. The van der Waals surface area contributed by atoms with Crippen molar-refractivity contribution >= 4 is 27.1 Å². The van der Waals surface area contributed by atoms with Crippen LogP contribution >= 0.6 is 11.3 Å². The fraction of sp³-hybridized carbons (Fsp3) is 0.467. The number of fused-ring (bicyclic) bond motifs is 1. The topological polar surface area (TPSA) is 50.7 Å². The van der Waals surface area contributed by atoms with Gasteiger partial charge in [0.25, 0.3) is 0 Å². The van der Waals surface area contributed by atoms with Crippen LogP contribution in [0, 0.1) is 0 Å². The second kappa shape index (κ2) is 8.21. The molecule has 110 valence electrons. The van der Waals surface area contributed by atoms with Crippen molar-refractivity contribution in [1.29, 1.82) is 0 Å². The van der Waals surface area contributed by atoms with E-state index in [1.54, 1.807) is 11.3 Å². The number of aliphatic hydroxyl groups excluding tert-OH is 1. The molecule has 0 radical (unpaired) electrons. The third-order valence-corrected chi connectivity index (χ3v) is 3.78. The van der Waals surface area contributed by atoms with E-state index in [1.807, 2.05) is 13.0 Å². The summed E-state index contributed by atoms with van der Waals surface area (Å²) in [4.78, 5) is 0. The van der Waals surface area contributed by atoms with Crippen molar-refractivity contribution in [3.05, 3.63) is 29.6 Å². The van der Waals surface area contributed by atoms with Crippen molar-refractivity contribution in [2.24, 2.45) is 0 Å². The lowest BCUT2D eigenvalue weighted by Gasteiger charge is -2.13. The van der Waals surface area contributed by atoms with Crippen molar-refractivity contribution in [2.75, 3.05) is 38.3 Å². The molecule has 1 atom stereocenters. The molecule has 0 aliphatic rings. The first-order valence-corrected chi connectivity index (χ1v) is 7.72. The second-order valence-electron chi connectivity index (χ2n) is 4.48. The number of ether oxygens (including phenoxy) is 2. The maximum Gasteiger partial charge on any atom is 0.0945 e. The zero-order valence-corrected chi connectivity index (χ0v) is 12.5. The Bertz CT molecular complexity index is 515. The SMILES string of the molecule is CCOCCOCC(O)CNc1ccc2sccc2c1.